The molecule has 1 aliphatic carbocycles. The molecule has 1 heterocycles. The van der Waals surface area contributed by atoms with Crippen molar-refractivity contribution in [2.45, 2.75) is 38.1 Å². The van der Waals surface area contributed by atoms with Crippen molar-refractivity contribution in [3.63, 3.8) is 0 Å². The van der Waals surface area contributed by atoms with Crippen molar-refractivity contribution < 1.29 is 29.0 Å². The van der Waals surface area contributed by atoms with Crippen LogP contribution in [0.3, 0.4) is 0 Å². The van der Waals surface area contributed by atoms with Gasteiger partial charge in [0.25, 0.3) is 0 Å². The van der Waals surface area contributed by atoms with Crippen molar-refractivity contribution >= 4 is 18.0 Å². The predicted octanol–water partition coefficient (Wildman–Crippen LogP) is 3.30. The van der Waals surface area contributed by atoms with Gasteiger partial charge in [-0.05, 0) is 41.5 Å². The average molecular weight is 467 g/mol. The highest BCUT2D eigenvalue weighted by Crippen LogP contribution is 2.44. The number of rotatable bonds is 8. The van der Waals surface area contributed by atoms with Crippen LogP contribution in [0.2, 0.25) is 0 Å². The summed E-state index contributed by atoms with van der Waals surface area (Å²) in [5.74, 6) is -1.45. The molecule has 8 heteroatoms. The summed E-state index contributed by atoms with van der Waals surface area (Å²) < 4.78 is 10.8. The summed E-state index contributed by atoms with van der Waals surface area (Å²) in [5, 5.41) is 15.0. The van der Waals surface area contributed by atoms with E-state index < -0.39 is 29.4 Å². The number of nitrogens with one attached hydrogen (secondary N) is 2. The number of carbonyl (C=O) groups excluding carboxylic acids is 2. The fourth-order valence-corrected chi connectivity index (χ4v) is 4.74. The van der Waals surface area contributed by atoms with Crippen molar-refractivity contribution in [3.8, 4) is 11.1 Å². The van der Waals surface area contributed by atoms with E-state index in [0.29, 0.717) is 32.5 Å². The van der Waals surface area contributed by atoms with E-state index in [2.05, 4.69) is 22.8 Å². The van der Waals surface area contributed by atoms with E-state index in [9.17, 15) is 19.5 Å². The third-order valence-electron chi connectivity index (χ3n) is 6.87. The number of carbonyl (C=O) groups is 3. The second-order valence-electron chi connectivity index (χ2n) is 8.85. The molecule has 1 aliphatic heterocycles. The minimum Gasteiger partial charge on any atom is -0.481 e. The van der Waals surface area contributed by atoms with Gasteiger partial charge >= 0.3 is 12.1 Å². The van der Waals surface area contributed by atoms with Crippen LogP contribution in [-0.2, 0) is 19.1 Å². The Hall–Kier alpha value is -3.39. The van der Waals surface area contributed by atoms with E-state index in [1.54, 1.807) is 6.92 Å². The molecular weight excluding hydrogens is 436 g/mol. The van der Waals surface area contributed by atoms with Crippen LogP contribution in [0.1, 0.15) is 43.2 Å². The van der Waals surface area contributed by atoms with Crippen molar-refractivity contribution in [2.24, 2.45) is 5.41 Å². The van der Waals surface area contributed by atoms with Gasteiger partial charge in [-0.2, -0.15) is 0 Å². The molecule has 3 N–H and O–H groups in total. The predicted molar refractivity (Wildman–Crippen MR) is 125 cm³/mol. The third kappa shape index (κ3) is 4.77. The Morgan fingerprint density at radius 2 is 1.65 bits per heavy atom. The first kappa shape index (κ1) is 23.8. The van der Waals surface area contributed by atoms with E-state index in [4.69, 9.17) is 9.47 Å². The van der Waals surface area contributed by atoms with E-state index in [-0.39, 0.29) is 19.1 Å². The summed E-state index contributed by atoms with van der Waals surface area (Å²) in [6.45, 7) is 2.61. The molecule has 0 radical (unpaired) electrons. The van der Waals surface area contributed by atoms with Gasteiger partial charge in [0.2, 0.25) is 5.91 Å². The molecule has 2 aromatic carbocycles. The summed E-state index contributed by atoms with van der Waals surface area (Å²) in [6.07, 6.45) is 0.334. The van der Waals surface area contributed by atoms with Gasteiger partial charge in [-0.3, -0.25) is 9.59 Å². The van der Waals surface area contributed by atoms with Gasteiger partial charge in [-0.25, -0.2) is 4.79 Å². The molecule has 180 valence electrons. The topological polar surface area (TPSA) is 114 Å². The van der Waals surface area contributed by atoms with Crippen molar-refractivity contribution in [3.05, 3.63) is 59.7 Å². The molecule has 2 aromatic rings. The number of ether oxygens (including phenoxy) is 2. The molecule has 2 aliphatic rings. The van der Waals surface area contributed by atoms with Crippen molar-refractivity contribution in [1.29, 1.82) is 0 Å². The van der Waals surface area contributed by atoms with Gasteiger partial charge < -0.3 is 25.2 Å². The Morgan fingerprint density at radius 3 is 2.21 bits per heavy atom. The summed E-state index contributed by atoms with van der Waals surface area (Å²) >= 11 is 0. The molecule has 1 fully saturated rings. The minimum absolute atomic E-state index is 0.00655. The molecule has 0 spiro atoms. The van der Waals surface area contributed by atoms with Crippen LogP contribution in [0.5, 0.6) is 0 Å². The number of aliphatic carboxylic acids is 1. The summed E-state index contributed by atoms with van der Waals surface area (Å²) in [6, 6.07) is 15.3. The molecule has 0 aromatic heterocycles. The zero-order chi connectivity index (χ0) is 24.1. The van der Waals surface area contributed by atoms with Gasteiger partial charge in [-0.1, -0.05) is 55.5 Å². The highest BCUT2D eigenvalue weighted by Gasteiger charge is 2.41. The van der Waals surface area contributed by atoms with E-state index in [1.807, 2.05) is 36.4 Å². The van der Waals surface area contributed by atoms with Gasteiger partial charge in [0.15, 0.2) is 0 Å². The highest BCUT2D eigenvalue weighted by molar-refractivity contribution is 5.86. The van der Waals surface area contributed by atoms with Gasteiger partial charge in [0.1, 0.15) is 12.6 Å². The standard InChI is InChI=1S/C26H30N2O6/c1-2-22(23(29)27-16-26(24(30)31)11-13-33-14-12-26)28-25(32)34-15-21-19-9-5-3-7-17(19)18-8-4-6-10-20(18)21/h3-10,21-22H,2,11-16H2,1H3,(H,27,29)(H,28,32)(H,30,31)/t22-/m0/s1. The molecule has 0 unspecified atom stereocenters. The monoisotopic (exact) mass is 466 g/mol. The van der Waals surface area contributed by atoms with E-state index in [0.717, 1.165) is 22.3 Å². The molecule has 2 amide bonds. The number of carboxylic acids is 1. The largest absolute Gasteiger partial charge is 0.481 e. The van der Waals surface area contributed by atoms with Crippen LogP contribution < -0.4 is 10.6 Å². The quantitative estimate of drug-likeness (QED) is 0.550. The third-order valence-corrected chi connectivity index (χ3v) is 6.87. The summed E-state index contributed by atoms with van der Waals surface area (Å²) in [5.41, 5.74) is 3.45. The molecule has 1 saturated heterocycles. The lowest BCUT2D eigenvalue weighted by Gasteiger charge is -2.33. The molecule has 0 bridgehead atoms. The number of amides is 2. The molecule has 1 atom stereocenters. The Balaban J connectivity index is 1.34. The second-order valence-corrected chi connectivity index (χ2v) is 8.85. The molecule has 8 nitrogen and oxygen atoms in total. The van der Waals surface area contributed by atoms with Crippen molar-refractivity contribution in [2.75, 3.05) is 26.4 Å². The maximum Gasteiger partial charge on any atom is 0.407 e. The van der Waals surface area contributed by atoms with Crippen LogP contribution in [0.4, 0.5) is 4.79 Å². The van der Waals surface area contributed by atoms with Gasteiger partial charge in [-0.15, -0.1) is 0 Å². The first-order valence-corrected chi connectivity index (χ1v) is 11.7. The average Bonchev–Trinajstić information content (AvgIpc) is 3.18. The second kappa shape index (κ2) is 10.3. The number of fused-ring (bicyclic) bond motifs is 3. The van der Waals surface area contributed by atoms with E-state index >= 15 is 0 Å². The molecule has 0 saturated carbocycles. The molecule has 4 rings (SSSR count). The fraction of sp³-hybridized carbons (Fsp3) is 0.423. The fourth-order valence-electron chi connectivity index (χ4n) is 4.74. The summed E-state index contributed by atoms with van der Waals surface area (Å²) in [7, 11) is 0. The molecular formula is C26H30N2O6. The van der Waals surface area contributed by atoms with Crippen LogP contribution in [0.25, 0.3) is 11.1 Å². The Labute approximate surface area is 198 Å². The van der Waals surface area contributed by atoms with Gasteiger partial charge in [0.05, 0.1) is 5.41 Å². The minimum atomic E-state index is -1.05. The lowest BCUT2D eigenvalue weighted by molar-refractivity contribution is -0.154. The van der Waals surface area contributed by atoms with Crippen LogP contribution in [0.15, 0.2) is 48.5 Å². The maximum atomic E-state index is 12.7. The van der Waals surface area contributed by atoms with Gasteiger partial charge in [0, 0.05) is 25.7 Å². The van der Waals surface area contributed by atoms with E-state index in [1.165, 1.54) is 0 Å². The first-order chi connectivity index (χ1) is 16.4. The zero-order valence-corrected chi connectivity index (χ0v) is 19.2. The normalized spacial score (nSPS) is 17.2. The first-order valence-electron chi connectivity index (χ1n) is 11.7. The highest BCUT2D eigenvalue weighted by atomic mass is 16.5. The van der Waals surface area contributed by atoms with Crippen molar-refractivity contribution in [1.82, 2.24) is 10.6 Å². The number of carboxylic acid groups (broad SMARTS) is 1. The number of benzene rings is 2. The smallest absolute Gasteiger partial charge is 0.407 e. The number of alkyl carbamates (subject to hydrolysis) is 1. The Kier molecular flexibility index (Phi) is 7.17. The van der Waals surface area contributed by atoms with Crippen LogP contribution in [0, 0.1) is 5.41 Å². The lowest BCUT2D eigenvalue weighted by atomic mass is 9.80. The molecule has 34 heavy (non-hydrogen) atoms. The Bertz CT molecular complexity index is 1020. The summed E-state index contributed by atoms with van der Waals surface area (Å²) in [4.78, 5) is 37.0. The van der Waals surface area contributed by atoms with Crippen LogP contribution in [-0.4, -0.2) is 55.5 Å². The zero-order valence-electron chi connectivity index (χ0n) is 19.2. The SMILES string of the molecule is CC[C@H](NC(=O)OCC1c2ccccc2-c2ccccc21)C(=O)NCC1(C(=O)O)CCOCC1. The maximum absolute atomic E-state index is 12.7. The lowest BCUT2D eigenvalue weighted by Crippen LogP contribution is -2.52. The number of hydrogen-bond acceptors (Lipinski definition) is 5. The Morgan fingerprint density at radius 1 is 1.06 bits per heavy atom. The van der Waals surface area contributed by atoms with Crippen LogP contribution >= 0.6 is 0 Å². The number of hydrogen-bond donors (Lipinski definition) is 3.